The first kappa shape index (κ1) is 18.5. The van der Waals surface area contributed by atoms with Gasteiger partial charge in [0, 0.05) is 18.7 Å². The Kier molecular flexibility index (Phi) is 5.92. The maximum Gasteiger partial charge on any atom is 0.354 e. The smallest absolute Gasteiger partial charge is 0.354 e. The van der Waals surface area contributed by atoms with Crippen LogP contribution >= 0.6 is 0 Å². The predicted molar refractivity (Wildman–Crippen MR) is 91.4 cm³/mol. The minimum absolute atomic E-state index is 0.0274. The van der Waals surface area contributed by atoms with E-state index in [9.17, 15) is 25.0 Å². The number of hydrazine groups is 1. The molecule has 0 saturated heterocycles. The molecule has 0 aliphatic carbocycles. The number of nitro groups is 2. The molecule has 1 heterocycles. The van der Waals surface area contributed by atoms with E-state index in [-0.39, 0.29) is 23.7 Å². The molecule has 12 nitrogen and oxygen atoms in total. The lowest BCUT2D eigenvalue weighted by molar-refractivity contribution is -0.384. The summed E-state index contributed by atoms with van der Waals surface area (Å²) in [5.74, 6) is -0.644. The summed E-state index contributed by atoms with van der Waals surface area (Å²) in [4.78, 5) is 40.1. The van der Waals surface area contributed by atoms with Crippen molar-refractivity contribution in [3.8, 4) is 0 Å². The molecule has 0 unspecified atom stereocenters. The Morgan fingerprint density at radius 1 is 1.08 bits per heavy atom. The standard InChI is InChI=1S/C14H15N7O5/c1-2-15-13-12(21(25)26)14(17-8-16-13)19-18-11(22)7-9-3-5-10(6-4-9)20(23)24/h3-6,8H,2,7H2,1H3,(H,18,22)(H2,15,16,17,19). The minimum Gasteiger partial charge on any atom is -0.364 e. The van der Waals surface area contributed by atoms with E-state index in [1.165, 1.54) is 24.3 Å². The number of benzene rings is 1. The second kappa shape index (κ2) is 8.32. The van der Waals surface area contributed by atoms with Gasteiger partial charge < -0.3 is 5.32 Å². The first-order valence-electron chi connectivity index (χ1n) is 7.43. The summed E-state index contributed by atoms with van der Waals surface area (Å²) in [6.07, 6.45) is 1.04. The van der Waals surface area contributed by atoms with Crippen molar-refractivity contribution in [2.24, 2.45) is 0 Å². The van der Waals surface area contributed by atoms with E-state index in [0.717, 1.165) is 6.33 Å². The van der Waals surface area contributed by atoms with Crippen molar-refractivity contribution in [1.82, 2.24) is 15.4 Å². The van der Waals surface area contributed by atoms with Crippen molar-refractivity contribution in [2.45, 2.75) is 13.3 Å². The number of non-ortho nitro benzene ring substituents is 1. The van der Waals surface area contributed by atoms with Crippen molar-refractivity contribution in [3.63, 3.8) is 0 Å². The quantitative estimate of drug-likeness (QED) is 0.465. The number of hydrogen-bond acceptors (Lipinski definition) is 9. The van der Waals surface area contributed by atoms with Crippen molar-refractivity contribution in [3.05, 3.63) is 56.4 Å². The van der Waals surface area contributed by atoms with Crippen LogP contribution in [0.4, 0.5) is 23.0 Å². The van der Waals surface area contributed by atoms with E-state index in [1.54, 1.807) is 6.92 Å². The second-order valence-corrected chi connectivity index (χ2v) is 4.98. The number of carbonyl (C=O) groups is 1. The monoisotopic (exact) mass is 361 g/mol. The Morgan fingerprint density at radius 2 is 1.73 bits per heavy atom. The normalized spacial score (nSPS) is 10.0. The molecule has 1 aromatic heterocycles. The van der Waals surface area contributed by atoms with Crippen LogP contribution in [0.2, 0.25) is 0 Å². The highest BCUT2D eigenvalue weighted by atomic mass is 16.6. The first-order valence-corrected chi connectivity index (χ1v) is 7.43. The van der Waals surface area contributed by atoms with Gasteiger partial charge in [0.25, 0.3) is 5.69 Å². The van der Waals surface area contributed by atoms with Gasteiger partial charge in [-0.1, -0.05) is 12.1 Å². The summed E-state index contributed by atoms with van der Waals surface area (Å²) in [6, 6.07) is 5.48. The summed E-state index contributed by atoms with van der Waals surface area (Å²) in [5, 5.41) is 24.6. The molecule has 2 rings (SSSR count). The van der Waals surface area contributed by atoms with E-state index in [0.29, 0.717) is 12.1 Å². The molecule has 0 atom stereocenters. The zero-order chi connectivity index (χ0) is 19.1. The molecule has 12 heteroatoms. The Balaban J connectivity index is 2.04. The van der Waals surface area contributed by atoms with Crippen LogP contribution in [0.1, 0.15) is 12.5 Å². The molecule has 0 aliphatic heterocycles. The molecule has 0 bridgehead atoms. The van der Waals surface area contributed by atoms with Crippen LogP contribution in [0.5, 0.6) is 0 Å². The number of anilines is 2. The van der Waals surface area contributed by atoms with Gasteiger partial charge in [0.1, 0.15) is 6.33 Å². The van der Waals surface area contributed by atoms with Gasteiger partial charge in [0.05, 0.1) is 16.3 Å². The topological polar surface area (TPSA) is 165 Å². The maximum absolute atomic E-state index is 12.0. The van der Waals surface area contributed by atoms with Crippen molar-refractivity contribution < 1.29 is 14.6 Å². The zero-order valence-electron chi connectivity index (χ0n) is 13.6. The van der Waals surface area contributed by atoms with E-state index < -0.39 is 21.4 Å². The molecule has 0 radical (unpaired) electrons. The summed E-state index contributed by atoms with van der Waals surface area (Å²) < 4.78 is 0. The molecule has 0 saturated carbocycles. The molecule has 26 heavy (non-hydrogen) atoms. The van der Waals surface area contributed by atoms with Gasteiger partial charge in [0.2, 0.25) is 17.5 Å². The van der Waals surface area contributed by atoms with Gasteiger partial charge in [-0.15, -0.1) is 0 Å². The van der Waals surface area contributed by atoms with Gasteiger partial charge in [-0.3, -0.25) is 35.9 Å². The molecule has 3 N–H and O–H groups in total. The van der Waals surface area contributed by atoms with Crippen LogP contribution < -0.4 is 16.2 Å². The van der Waals surface area contributed by atoms with Crippen LogP contribution in [-0.4, -0.2) is 32.3 Å². The minimum atomic E-state index is -0.664. The van der Waals surface area contributed by atoms with Gasteiger partial charge in [-0.25, -0.2) is 9.97 Å². The molecule has 136 valence electrons. The van der Waals surface area contributed by atoms with Crippen LogP contribution in [0.25, 0.3) is 0 Å². The Labute approximate surface area is 146 Å². The summed E-state index contributed by atoms with van der Waals surface area (Å²) in [7, 11) is 0. The number of nitrogens with zero attached hydrogens (tertiary/aromatic N) is 4. The van der Waals surface area contributed by atoms with Crippen molar-refractivity contribution in [1.29, 1.82) is 0 Å². The maximum atomic E-state index is 12.0. The molecular weight excluding hydrogens is 346 g/mol. The number of nitro benzene ring substituents is 1. The first-order chi connectivity index (χ1) is 12.4. The highest BCUT2D eigenvalue weighted by Gasteiger charge is 2.22. The Hall–Kier alpha value is -3.83. The summed E-state index contributed by atoms with van der Waals surface area (Å²) in [6.45, 7) is 2.18. The van der Waals surface area contributed by atoms with E-state index >= 15 is 0 Å². The van der Waals surface area contributed by atoms with Crippen molar-refractivity contribution >= 4 is 28.9 Å². The fourth-order valence-corrected chi connectivity index (χ4v) is 2.03. The number of carbonyl (C=O) groups excluding carboxylic acids is 1. The Morgan fingerprint density at radius 3 is 2.31 bits per heavy atom. The average molecular weight is 361 g/mol. The molecule has 0 spiro atoms. The molecule has 0 fully saturated rings. The molecule has 1 aromatic carbocycles. The molecule has 1 amide bonds. The van der Waals surface area contributed by atoms with Gasteiger partial charge in [0.15, 0.2) is 0 Å². The lowest BCUT2D eigenvalue weighted by atomic mass is 10.1. The largest absolute Gasteiger partial charge is 0.364 e. The number of hydrogen-bond donors (Lipinski definition) is 3. The highest BCUT2D eigenvalue weighted by Crippen LogP contribution is 2.28. The zero-order valence-corrected chi connectivity index (χ0v) is 13.6. The third-order valence-corrected chi connectivity index (χ3v) is 3.18. The molecule has 0 aliphatic rings. The van der Waals surface area contributed by atoms with Crippen LogP contribution in [0.3, 0.4) is 0 Å². The number of amides is 1. The second-order valence-electron chi connectivity index (χ2n) is 4.98. The van der Waals surface area contributed by atoms with Crippen LogP contribution in [-0.2, 0) is 11.2 Å². The van der Waals surface area contributed by atoms with Gasteiger partial charge in [-0.05, 0) is 12.5 Å². The molecular formula is C14H15N7O5. The number of nitrogens with one attached hydrogen (secondary N) is 3. The highest BCUT2D eigenvalue weighted by molar-refractivity contribution is 5.81. The fraction of sp³-hybridized carbons (Fsp3) is 0.214. The summed E-state index contributed by atoms with van der Waals surface area (Å²) in [5.41, 5.74) is 4.77. The Bertz CT molecular complexity index is 825. The van der Waals surface area contributed by atoms with Gasteiger partial charge >= 0.3 is 5.69 Å². The number of aromatic nitrogens is 2. The van der Waals surface area contributed by atoms with E-state index in [2.05, 4.69) is 26.1 Å². The average Bonchev–Trinajstić information content (AvgIpc) is 2.60. The molecule has 2 aromatic rings. The SMILES string of the molecule is CCNc1ncnc(NNC(=O)Cc2ccc([N+](=O)[O-])cc2)c1[N+](=O)[O-]. The van der Waals surface area contributed by atoms with Crippen LogP contribution in [0.15, 0.2) is 30.6 Å². The van der Waals surface area contributed by atoms with Gasteiger partial charge in [-0.2, -0.15) is 0 Å². The lowest BCUT2D eigenvalue weighted by Crippen LogP contribution is -2.31. The van der Waals surface area contributed by atoms with Crippen LogP contribution in [0, 0.1) is 20.2 Å². The third-order valence-electron chi connectivity index (χ3n) is 3.18. The van der Waals surface area contributed by atoms with Crippen molar-refractivity contribution in [2.75, 3.05) is 17.3 Å². The number of rotatable bonds is 8. The van der Waals surface area contributed by atoms with E-state index in [4.69, 9.17) is 0 Å². The van der Waals surface area contributed by atoms with E-state index in [1.807, 2.05) is 0 Å². The predicted octanol–water partition coefficient (Wildman–Crippen LogP) is 1.41. The third kappa shape index (κ3) is 4.59. The fourth-order valence-electron chi connectivity index (χ4n) is 2.03. The lowest BCUT2D eigenvalue weighted by Gasteiger charge is -2.10. The summed E-state index contributed by atoms with van der Waals surface area (Å²) >= 11 is 0.